The first-order chi connectivity index (χ1) is 17.4. The van der Waals surface area contributed by atoms with E-state index in [1.54, 1.807) is 0 Å². The van der Waals surface area contributed by atoms with Crippen molar-refractivity contribution in [2.75, 3.05) is 13.1 Å². The lowest BCUT2D eigenvalue weighted by Crippen LogP contribution is -2.39. The van der Waals surface area contributed by atoms with Gasteiger partial charge in [-0.05, 0) is 100 Å². The quantitative estimate of drug-likeness (QED) is 0.388. The highest BCUT2D eigenvalue weighted by atomic mass is 19.4. The molecule has 2 fully saturated rings. The van der Waals surface area contributed by atoms with E-state index in [4.69, 9.17) is 4.42 Å². The van der Waals surface area contributed by atoms with Gasteiger partial charge < -0.3 is 9.73 Å². The molecule has 4 nitrogen and oxygen atoms in total. The number of amides is 1. The van der Waals surface area contributed by atoms with E-state index in [0.29, 0.717) is 12.0 Å². The molecular formula is C29H33F3N2O2. The normalized spacial score (nSPS) is 23.6. The third-order valence-corrected chi connectivity index (χ3v) is 7.93. The van der Waals surface area contributed by atoms with Gasteiger partial charge in [0.1, 0.15) is 5.76 Å². The molecule has 36 heavy (non-hydrogen) atoms. The van der Waals surface area contributed by atoms with Crippen LogP contribution in [0, 0.1) is 5.92 Å². The summed E-state index contributed by atoms with van der Waals surface area (Å²) < 4.78 is 44.1. The van der Waals surface area contributed by atoms with Gasteiger partial charge in [0.2, 0.25) is 0 Å². The first-order valence-corrected chi connectivity index (χ1v) is 13.1. The van der Waals surface area contributed by atoms with Gasteiger partial charge in [0, 0.05) is 28.8 Å². The third-order valence-electron chi connectivity index (χ3n) is 7.93. The summed E-state index contributed by atoms with van der Waals surface area (Å²) in [5.74, 6) is 1.27. The highest BCUT2D eigenvalue weighted by Crippen LogP contribution is 2.36. The maximum atomic E-state index is 12.8. The predicted octanol–water partition coefficient (Wildman–Crippen LogP) is 7.31. The molecule has 1 saturated carbocycles. The smallest absolute Gasteiger partial charge is 0.416 e. The van der Waals surface area contributed by atoms with Crippen molar-refractivity contribution < 1.29 is 22.4 Å². The number of hydrogen-bond acceptors (Lipinski definition) is 3. The number of hydrogen-bond donors (Lipinski definition) is 1. The Morgan fingerprint density at radius 3 is 2.53 bits per heavy atom. The third kappa shape index (κ3) is 5.77. The Bertz CT molecular complexity index is 1120. The second-order valence-electron chi connectivity index (χ2n) is 10.3. The van der Waals surface area contributed by atoms with E-state index in [1.807, 2.05) is 18.4 Å². The van der Waals surface area contributed by atoms with Crippen molar-refractivity contribution >= 4 is 5.91 Å². The molecule has 0 spiro atoms. The molecular weight excluding hydrogens is 465 g/mol. The monoisotopic (exact) mass is 498 g/mol. The maximum absolute atomic E-state index is 12.8. The van der Waals surface area contributed by atoms with Crippen LogP contribution in [0.15, 0.2) is 59.2 Å². The summed E-state index contributed by atoms with van der Waals surface area (Å²) in [5.41, 5.74) is 1.96. The van der Waals surface area contributed by atoms with Gasteiger partial charge in [0.05, 0.1) is 11.8 Å². The van der Waals surface area contributed by atoms with E-state index in [9.17, 15) is 18.0 Å². The lowest BCUT2D eigenvalue weighted by Gasteiger charge is -2.37. The van der Waals surface area contributed by atoms with Crippen LogP contribution in [0.1, 0.15) is 78.9 Å². The molecule has 1 unspecified atom stereocenters. The number of likely N-dealkylation sites (tertiary alicyclic amines) is 1. The lowest BCUT2D eigenvalue weighted by molar-refractivity contribution is -0.137. The molecule has 2 aliphatic heterocycles. The second-order valence-corrected chi connectivity index (χ2v) is 10.3. The summed E-state index contributed by atoms with van der Waals surface area (Å²) >= 11 is 0. The molecule has 2 heterocycles. The van der Waals surface area contributed by atoms with Gasteiger partial charge >= 0.3 is 6.18 Å². The second kappa shape index (κ2) is 10.7. The highest BCUT2D eigenvalue weighted by molar-refractivity contribution is 5.94. The predicted molar refractivity (Wildman–Crippen MR) is 133 cm³/mol. The molecule has 7 heteroatoms. The van der Waals surface area contributed by atoms with Crippen LogP contribution in [0.4, 0.5) is 13.2 Å². The Balaban J connectivity index is 1.10. The van der Waals surface area contributed by atoms with Crippen molar-refractivity contribution in [1.82, 2.24) is 10.2 Å². The van der Waals surface area contributed by atoms with E-state index < -0.39 is 11.7 Å². The number of carbonyl (C=O) groups is 1. The number of halogens is 3. The Morgan fingerprint density at radius 1 is 1.00 bits per heavy atom. The molecule has 192 valence electrons. The number of fused-ring (bicyclic) bond motifs is 1. The van der Waals surface area contributed by atoms with Crippen LogP contribution in [0.2, 0.25) is 0 Å². The molecule has 1 saturated heterocycles. The SMILES string of the molecule is O=C(N[C@H]1CC[C@H](CCN2CCCCC2c2coc3cccc-3c2)CC1)c1ccc(C(F)(F)F)cc1. The average Bonchev–Trinajstić information content (AvgIpc) is 3.36. The Kier molecular flexibility index (Phi) is 7.37. The van der Waals surface area contributed by atoms with Gasteiger partial charge in [0.15, 0.2) is 0 Å². The molecule has 4 aliphatic rings. The number of carbonyl (C=O) groups excluding carboxylic acids is 1. The van der Waals surface area contributed by atoms with Gasteiger partial charge in [-0.25, -0.2) is 0 Å². The van der Waals surface area contributed by atoms with Crippen LogP contribution >= 0.6 is 0 Å². The first-order valence-electron chi connectivity index (χ1n) is 13.1. The number of benzene rings is 1. The fraction of sp³-hybridized carbons (Fsp3) is 0.483. The van der Waals surface area contributed by atoms with Crippen LogP contribution in [-0.2, 0) is 6.18 Å². The Hall–Kier alpha value is -2.80. The zero-order valence-corrected chi connectivity index (χ0v) is 20.4. The topological polar surface area (TPSA) is 45.5 Å². The van der Waals surface area contributed by atoms with Crippen LogP contribution in [0.25, 0.3) is 11.3 Å². The molecule has 0 aromatic heterocycles. The van der Waals surface area contributed by atoms with E-state index in [-0.39, 0.29) is 17.5 Å². The van der Waals surface area contributed by atoms with Crippen molar-refractivity contribution in [3.05, 3.63) is 71.5 Å². The number of rotatable bonds is 6. The zero-order valence-electron chi connectivity index (χ0n) is 20.4. The molecule has 2 aliphatic carbocycles. The zero-order chi connectivity index (χ0) is 25.1. The van der Waals surface area contributed by atoms with Crippen LogP contribution in [0.5, 0.6) is 0 Å². The minimum Gasteiger partial charge on any atom is -0.464 e. The van der Waals surface area contributed by atoms with Crippen molar-refractivity contribution in [3.8, 4) is 11.3 Å². The Labute approximate surface area is 210 Å². The van der Waals surface area contributed by atoms with Crippen molar-refractivity contribution in [2.24, 2.45) is 5.92 Å². The fourth-order valence-electron chi connectivity index (χ4n) is 5.82. The van der Waals surface area contributed by atoms with E-state index in [0.717, 1.165) is 75.1 Å². The number of nitrogens with zero attached hydrogens (tertiary/aromatic N) is 1. The first kappa shape index (κ1) is 24.9. The lowest BCUT2D eigenvalue weighted by atomic mass is 9.83. The van der Waals surface area contributed by atoms with Crippen LogP contribution in [0.3, 0.4) is 0 Å². The summed E-state index contributed by atoms with van der Waals surface area (Å²) in [6, 6.07) is 13.3. The minimum atomic E-state index is -4.39. The molecule has 1 aromatic carbocycles. The summed E-state index contributed by atoms with van der Waals surface area (Å²) in [5, 5.41) is 3.02. The van der Waals surface area contributed by atoms with Crippen molar-refractivity contribution in [3.63, 3.8) is 0 Å². The average molecular weight is 499 g/mol. The fourth-order valence-corrected chi connectivity index (χ4v) is 5.82. The van der Waals surface area contributed by atoms with E-state index in [2.05, 4.69) is 22.3 Å². The molecule has 1 atom stereocenters. The summed E-state index contributed by atoms with van der Waals surface area (Å²) in [6.45, 7) is 2.18. The molecule has 1 N–H and O–H groups in total. The molecule has 0 bridgehead atoms. The van der Waals surface area contributed by atoms with Gasteiger partial charge in [0.25, 0.3) is 5.91 Å². The number of alkyl halides is 3. The van der Waals surface area contributed by atoms with Gasteiger partial charge in [-0.2, -0.15) is 13.2 Å². The van der Waals surface area contributed by atoms with E-state index in [1.165, 1.54) is 30.5 Å². The molecule has 5 rings (SSSR count). The van der Waals surface area contributed by atoms with Gasteiger partial charge in [-0.3, -0.25) is 9.69 Å². The maximum Gasteiger partial charge on any atom is 0.416 e. The van der Waals surface area contributed by atoms with Gasteiger partial charge in [-0.15, -0.1) is 0 Å². The Morgan fingerprint density at radius 2 is 1.78 bits per heavy atom. The molecule has 1 aromatic rings. The van der Waals surface area contributed by atoms with Crippen molar-refractivity contribution in [2.45, 2.75) is 69.6 Å². The van der Waals surface area contributed by atoms with Crippen LogP contribution in [-0.4, -0.2) is 29.9 Å². The van der Waals surface area contributed by atoms with E-state index >= 15 is 0 Å². The van der Waals surface area contributed by atoms with Crippen molar-refractivity contribution in [1.29, 1.82) is 0 Å². The standard InChI is InChI=1S/C29H33F3N2O2/c30-29(31,32)24-11-9-21(10-12-24)28(35)33-25-13-7-20(8-14-25)15-17-34-16-2-1-5-26(34)23-18-22-4-3-6-27(22)36-19-23/h3-4,6,9-12,18-20,25-26H,1-2,5,7-8,13-17H2,(H,33,35)/t20-,25-,26?. The highest BCUT2D eigenvalue weighted by Gasteiger charge is 2.31. The largest absolute Gasteiger partial charge is 0.464 e. The number of nitrogens with one attached hydrogen (secondary N) is 1. The summed E-state index contributed by atoms with van der Waals surface area (Å²) in [4.78, 5) is 15.1. The molecule has 0 radical (unpaired) electrons. The minimum absolute atomic E-state index is 0.0802. The van der Waals surface area contributed by atoms with Crippen LogP contribution < -0.4 is 5.32 Å². The molecule has 1 amide bonds. The van der Waals surface area contributed by atoms with Gasteiger partial charge in [-0.1, -0.05) is 18.6 Å². The summed E-state index contributed by atoms with van der Waals surface area (Å²) in [6.07, 6.45) is 6.25. The number of piperidine rings is 1. The summed E-state index contributed by atoms with van der Waals surface area (Å²) in [7, 11) is 0.